The molecule has 1 aromatic carbocycles. The van der Waals surface area contributed by atoms with Crippen molar-refractivity contribution in [3.8, 4) is 5.75 Å². The predicted octanol–water partition coefficient (Wildman–Crippen LogP) is 0.710. The van der Waals surface area contributed by atoms with E-state index >= 15 is 0 Å². The van der Waals surface area contributed by atoms with E-state index in [0.717, 1.165) is 43.0 Å². The molecule has 5 aliphatic rings. The summed E-state index contributed by atoms with van der Waals surface area (Å²) in [6.07, 6.45) is 4.04. The van der Waals surface area contributed by atoms with Gasteiger partial charge in [0.2, 0.25) is 0 Å². The second-order valence-electron chi connectivity index (χ2n) is 9.29. The number of carbonyl (C=O) groups is 1. The zero-order chi connectivity index (χ0) is 18.6. The van der Waals surface area contributed by atoms with E-state index in [0.29, 0.717) is 24.2 Å². The molecule has 1 aromatic rings. The van der Waals surface area contributed by atoms with E-state index in [1.54, 1.807) is 6.07 Å². The Bertz CT molecular complexity index is 853. The molecule has 4 N–H and O–H groups in total. The van der Waals surface area contributed by atoms with Crippen LogP contribution in [0.1, 0.15) is 53.6 Å². The van der Waals surface area contributed by atoms with Gasteiger partial charge in [0.15, 0.2) is 0 Å². The first kappa shape index (κ1) is 16.3. The molecule has 1 amide bonds. The zero-order valence-corrected chi connectivity index (χ0v) is 15.4. The van der Waals surface area contributed by atoms with E-state index in [2.05, 4.69) is 4.90 Å². The number of benzene rings is 1. The fourth-order valence-corrected chi connectivity index (χ4v) is 6.66. The highest BCUT2D eigenvalue weighted by atomic mass is 16.5. The number of hydrogen-bond donors (Lipinski definition) is 3. The van der Waals surface area contributed by atoms with Crippen molar-refractivity contribution < 1.29 is 19.7 Å². The summed E-state index contributed by atoms with van der Waals surface area (Å²) in [6.45, 7) is 1.95. The fraction of sp³-hybridized carbons (Fsp3) is 0.667. The third kappa shape index (κ3) is 1.84. The van der Waals surface area contributed by atoms with Crippen molar-refractivity contribution in [1.82, 2.24) is 4.90 Å². The van der Waals surface area contributed by atoms with Gasteiger partial charge in [-0.2, -0.15) is 0 Å². The van der Waals surface area contributed by atoms with Crippen LogP contribution in [0.5, 0.6) is 5.75 Å². The monoisotopic (exact) mass is 370 g/mol. The van der Waals surface area contributed by atoms with Crippen LogP contribution in [0, 0.1) is 5.92 Å². The molecule has 0 aromatic heterocycles. The summed E-state index contributed by atoms with van der Waals surface area (Å²) in [7, 11) is 0. The maximum absolute atomic E-state index is 12.1. The quantitative estimate of drug-likeness (QED) is 0.728. The Morgan fingerprint density at radius 3 is 2.85 bits per heavy atom. The van der Waals surface area contributed by atoms with E-state index in [1.807, 2.05) is 6.07 Å². The van der Waals surface area contributed by atoms with Crippen LogP contribution in [-0.2, 0) is 11.8 Å². The minimum absolute atomic E-state index is 0.0447. The number of aliphatic hydroxyl groups is 2. The van der Waals surface area contributed by atoms with E-state index in [1.165, 1.54) is 12.8 Å². The lowest BCUT2D eigenvalue weighted by molar-refractivity contribution is -0.208. The van der Waals surface area contributed by atoms with Crippen LogP contribution in [0.2, 0.25) is 0 Å². The maximum atomic E-state index is 12.1. The fourth-order valence-electron chi connectivity index (χ4n) is 6.66. The van der Waals surface area contributed by atoms with Gasteiger partial charge in [-0.15, -0.1) is 0 Å². The Morgan fingerprint density at radius 2 is 2.11 bits per heavy atom. The highest BCUT2D eigenvalue weighted by molar-refractivity contribution is 5.97. The molecule has 2 bridgehead atoms. The molecule has 0 unspecified atom stereocenters. The molecule has 2 aliphatic heterocycles. The molecule has 6 heteroatoms. The topological polar surface area (TPSA) is 96.0 Å². The number of ether oxygens (including phenoxy) is 1. The third-order valence-electron chi connectivity index (χ3n) is 8.02. The molecule has 2 heterocycles. The van der Waals surface area contributed by atoms with E-state index in [9.17, 15) is 15.0 Å². The van der Waals surface area contributed by atoms with Crippen molar-refractivity contribution in [2.75, 3.05) is 13.1 Å². The molecule has 144 valence electrons. The van der Waals surface area contributed by atoms with Crippen molar-refractivity contribution >= 4 is 5.91 Å². The lowest BCUT2D eigenvalue weighted by Crippen LogP contribution is -2.77. The van der Waals surface area contributed by atoms with Crippen molar-refractivity contribution in [3.05, 3.63) is 28.8 Å². The Kier molecular flexibility index (Phi) is 3.05. The second kappa shape index (κ2) is 5.04. The summed E-state index contributed by atoms with van der Waals surface area (Å²) in [5.74, 6) is 0.759. The van der Waals surface area contributed by atoms with Crippen LogP contribution in [0.3, 0.4) is 0 Å². The molecule has 1 spiro atoms. The highest BCUT2D eigenvalue weighted by Gasteiger charge is 2.72. The molecule has 0 radical (unpaired) electrons. The second-order valence-corrected chi connectivity index (χ2v) is 9.29. The summed E-state index contributed by atoms with van der Waals surface area (Å²) in [5.41, 5.74) is 6.50. The Morgan fingerprint density at radius 1 is 1.30 bits per heavy atom. The van der Waals surface area contributed by atoms with Gasteiger partial charge in [0.25, 0.3) is 5.91 Å². The highest BCUT2D eigenvalue weighted by Crippen LogP contribution is 2.64. The van der Waals surface area contributed by atoms with Crippen LogP contribution in [0.25, 0.3) is 0 Å². The van der Waals surface area contributed by atoms with Gasteiger partial charge in [-0.05, 0) is 62.6 Å². The maximum Gasteiger partial charge on any atom is 0.252 e. The number of likely N-dealkylation sites (tertiary alicyclic amines) is 1. The zero-order valence-electron chi connectivity index (χ0n) is 15.4. The lowest BCUT2D eigenvalue weighted by Gasteiger charge is -2.63. The van der Waals surface area contributed by atoms with Crippen molar-refractivity contribution in [2.45, 2.75) is 67.8 Å². The lowest BCUT2D eigenvalue weighted by atomic mass is 9.48. The van der Waals surface area contributed by atoms with Gasteiger partial charge in [0.1, 0.15) is 11.9 Å². The predicted molar refractivity (Wildman–Crippen MR) is 97.7 cm³/mol. The Hall–Kier alpha value is -1.63. The van der Waals surface area contributed by atoms with Crippen LogP contribution >= 0.6 is 0 Å². The van der Waals surface area contributed by atoms with Gasteiger partial charge in [-0.25, -0.2) is 0 Å². The van der Waals surface area contributed by atoms with Gasteiger partial charge < -0.3 is 20.7 Å². The molecule has 5 atom stereocenters. The average Bonchev–Trinajstić information content (AvgIpc) is 3.37. The minimum Gasteiger partial charge on any atom is -0.486 e. The van der Waals surface area contributed by atoms with Crippen molar-refractivity contribution in [1.29, 1.82) is 0 Å². The van der Waals surface area contributed by atoms with Gasteiger partial charge in [0.05, 0.1) is 22.7 Å². The summed E-state index contributed by atoms with van der Waals surface area (Å²) >= 11 is 0. The number of hydrogen-bond acceptors (Lipinski definition) is 5. The van der Waals surface area contributed by atoms with E-state index in [-0.39, 0.29) is 6.04 Å². The number of piperidine rings is 1. The summed E-state index contributed by atoms with van der Waals surface area (Å²) in [4.78, 5) is 14.5. The molecule has 1 saturated heterocycles. The van der Waals surface area contributed by atoms with Crippen molar-refractivity contribution in [2.24, 2.45) is 11.7 Å². The van der Waals surface area contributed by atoms with Crippen LogP contribution < -0.4 is 10.5 Å². The Balaban J connectivity index is 1.57. The van der Waals surface area contributed by atoms with Gasteiger partial charge in [-0.1, -0.05) is 6.07 Å². The molecular formula is C21H26N2O4. The largest absolute Gasteiger partial charge is 0.486 e. The Labute approximate surface area is 158 Å². The van der Waals surface area contributed by atoms with E-state index in [4.69, 9.17) is 10.5 Å². The summed E-state index contributed by atoms with van der Waals surface area (Å²) < 4.78 is 6.25. The summed E-state index contributed by atoms with van der Waals surface area (Å²) in [6, 6.07) is 3.78. The van der Waals surface area contributed by atoms with Crippen LogP contribution in [-0.4, -0.2) is 58.0 Å². The normalized spacial score (nSPS) is 41.8. The number of carbonyl (C=O) groups excluding carboxylic acids is 1. The van der Waals surface area contributed by atoms with Gasteiger partial charge >= 0.3 is 0 Å². The minimum atomic E-state index is -0.932. The SMILES string of the molecule is NC(=O)c1ccc2c3c1O[C@H]1[C@H](O)CC[C@@]4(O)[C@@H](C2)N(CC2CC2)CC[C@]314. The average molecular weight is 370 g/mol. The molecule has 6 nitrogen and oxygen atoms in total. The first-order valence-electron chi connectivity index (χ1n) is 10.2. The van der Waals surface area contributed by atoms with Crippen molar-refractivity contribution in [3.63, 3.8) is 0 Å². The smallest absolute Gasteiger partial charge is 0.252 e. The number of primary amides is 1. The van der Waals surface area contributed by atoms with Crippen LogP contribution in [0.15, 0.2) is 12.1 Å². The van der Waals surface area contributed by atoms with Gasteiger partial charge in [0, 0.05) is 18.2 Å². The standard InChI is InChI=1S/C21H26N2O4/c22-19(25)13-4-3-12-9-15-21(26)6-5-14(24)18-20(21,16(12)17(13)27-18)7-8-23(15)10-11-1-2-11/h3-4,11,14-15,18,24,26H,1-2,5-10H2,(H2,22,25)/t14-,15-,18+,20+,21-/m1/s1. The molecule has 3 fully saturated rings. The number of nitrogens with zero attached hydrogens (tertiary/aromatic N) is 1. The third-order valence-corrected chi connectivity index (χ3v) is 8.02. The van der Waals surface area contributed by atoms with E-state index < -0.39 is 29.1 Å². The molecule has 3 aliphatic carbocycles. The molecule has 27 heavy (non-hydrogen) atoms. The summed E-state index contributed by atoms with van der Waals surface area (Å²) in [5, 5.41) is 22.9. The van der Waals surface area contributed by atoms with Gasteiger partial charge in [-0.3, -0.25) is 9.69 Å². The number of amides is 1. The molecule has 2 saturated carbocycles. The first-order chi connectivity index (χ1) is 13.0. The van der Waals surface area contributed by atoms with Crippen LogP contribution in [0.4, 0.5) is 0 Å². The molecule has 6 rings (SSSR count). The molecular weight excluding hydrogens is 344 g/mol. The number of aliphatic hydroxyl groups excluding tert-OH is 1. The first-order valence-corrected chi connectivity index (χ1v) is 10.2. The number of nitrogens with two attached hydrogens (primary N) is 1. The number of rotatable bonds is 3.